The molecule has 112 valence electrons. The third kappa shape index (κ3) is 3.64. The monoisotopic (exact) mass is 279 g/mol. The predicted octanol–water partition coefficient (Wildman–Crippen LogP) is 2.53. The first-order valence-electron chi connectivity index (χ1n) is 7.31. The van der Waals surface area contributed by atoms with Crippen molar-refractivity contribution in [1.29, 1.82) is 0 Å². The van der Waals surface area contributed by atoms with Crippen molar-refractivity contribution >= 4 is 0 Å². The molecular formula is C16H25NO3. The molecule has 0 saturated heterocycles. The highest BCUT2D eigenvalue weighted by atomic mass is 16.5. The molecule has 1 N–H and O–H groups in total. The smallest absolute Gasteiger partial charge is 0.123 e. The largest absolute Gasteiger partial charge is 0.496 e. The van der Waals surface area contributed by atoms with E-state index < -0.39 is 0 Å². The molecule has 0 aromatic heterocycles. The van der Waals surface area contributed by atoms with Crippen LogP contribution in [0.4, 0.5) is 0 Å². The fourth-order valence-corrected chi connectivity index (χ4v) is 2.45. The molecule has 20 heavy (non-hydrogen) atoms. The molecule has 2 atom stereocenters. The Labute approximate surface area is 121 Å². The maximum atomic E-state index is 5.81. The van der Waals surface area contributed by atoms with Crippen molar-refractivity contribution < 1.29 is 14.2 Å². The number of benzene rings is 1. The van der Waals surface area contributed by atoms with E-state index in [-0.39, 0.29) is 6.10 Å². The van der Waals surface area contributed by atoms with Crippen LogP contribution < -0.4 is 14.8 Å². The lowest BCUT2D eigenvalue weighted by molar-refractivity contribution is 0.127. The Kier molecular flexibility index (Phi) is 5.26. The summed E-state index contributed by atoms with van der Waals surface area (Å²) in [6.07, 6.45) is 1.22. The van der Waals surface area contributed by atoms with Crippen LogP contribution in [-0.4, -0.2) is 32.5 Å². The summed E-state index contributed by atoms with van der Waals surface area (Å²) < 4.78 is 16.7. The van der Waals surface area contributed by atoms with Crippen molar-refractivity contribution in [2.75, 3.05) is 20.3 Å². The fourth-order valence-electron chi connectivity index (χ4n) is 2.45. The van der Waals surface area contributed by atoms with Crippen LogP contribution in [-0.2, 0) is 17.7 Å². The molecule has 1 heterocycles. The predicted molar refractivity (Wildman–Crippen MR) is 79.6 cm³/mol. The number of methoxy groups -OCH3 is 1. The van der Waals surface area contributed by atoms with E-state index in [1.54, 1.807) is 7.11 Å². The first-order chi connectivity index (χ1) is 9.63. The van der Waals surface area contributed by atoms with Gasteiger partial charge in [-0.05, 0) is 32.9 Å². The molecule has 1 aromatic carbocycles. The van der Waals surface area contributed by atoms with Gasteiger partial charge in [0, 0.05) is 36.7 Å². The molecule has 0 aliphatic carbocycles. The van der Waals surface area contributed by atoms with Crippen molar-refractivity contribution in [3.05, 3.63) is 23.3 Å². The maximum absolute atomic E-state index is 5.81. The molecular weight excluding hydrogens is 254 g/mol. The average Bonchev–Trinajstić information content (AvgIpc) is 2.80. The molecule has 1 aliphatic rings. The van der Waals surface area contributed by atoms with Crippen LogP contribution in [0.15, 0.2) is 12.1 Å². The Morgan fingerprint density at radius 2 is 2.25 bits per heavy atom. The number of rotatable bonds is 7. The van der Waals surface area contributed by atoms with Crippen LogP contribution in [0.3, 0.4) is 0 Å². The minimum Gasteiger partial charge on any atom is -0.496 e. The zero-order valence-corrected chi connectivity index (χ0v) is 12.9. The number of fused-ring (bicyclic) bond motifs is 1. The van der Waals surface area contributed by atoms with Gasteiger partial charge in [0.2, 0.25) is 0 Å². The fraction of sp³-hybridized carbons (Fsp3) is 0.625. The van der Waals surface area contributed by atoms with Gasteiger partial charge in [0.1, 0.15) is 17.6 Å². The van der Waals surface area contributed by atoms with Crippen LogP contribution >= 0.6 is 0 Å². The SMILES string of the molecule is CCOCC(C)NCc1cc2c(cc1OC)CC(C)O2. The van der Waals surface area contributed by atoms with Gasteiger partial charge in [-0.25, -0.2) is 0 Å². The van der Waals surface area contributed by atoms with Gasteiger partial charge in [-0.1, -0.05) is 0 Å². The van der Waals surface area contributed by atoms with E-state index in [4.69, 9.17) is 14.2 Å². The third-order valence-electron chi connectivity index (χ3n) is 3.51. The van der Waals surface area contributed by atoms with E-state index in [0.29, 0.717) is 6.04 Å². The van der Waals surface area contributed by atoms with Gasteiger partial charge in [-0.2, -0.15) is 0 Å². The normalized spacial score (nSPS) is 18.5. The molecule has 0 saturated carbocycles. The molecule has 0 spiro atoms. The summed E-state index contributed by atoms with van der Waals surface area (Å²) in [6.45, 7) is 8.44. The summed E-state index contributed by atoms with van der Waals surface area (Å²) in [7, 11) is 1.72. The Bertz CT molecular complexity index is 448. The topological polar surface area (TPSA) is 39.7 Å². The minimum absolute atomic E-state index is 0.259. The van der Waals surface area contributed by atoms with E-state index in [1.807, 2.05) is 6.92 Å². The van der Waals surface area contributed by atoms with Crippen LogP contribution in [0.25, 0.3) is 0 Å². The first-order valence-corrected chi connectivity index (χ1v) is 7.31. The molecule has 0 fully saturated rings. The highest BCUT2D eigenvalue weighted by molar-refractivity contribution is 5.48. The lowest BCUT2D eigenvalue weighted by atomic mass is 10.1. The zero-order chi connectivity index (χ0) is 14.5. The number of ether oxygens (including phenoxy) is 3. The van der Waals surface area contributed by atoms with Crippen molar-refractivity contribution in [2.24, 2.45) is 0 Å². The summed E-state index contributed by atoms with van der Waals surface area (Å²) in [5.41, 5.74) is 2.36. The molecule has 4 nitrogen and oxygen atoms in total. The quantitative estimate of drug-likeness (QED) is 0.832. The number of hydrogen-bond acceptors (Lipinski definition) is 4. The lowest BCUT2D eigenvalue weighted by Crippen LogP contribution is -2.30. The summed E-state index contributed by atoms with van der Waals surface area (Å²) in [4.78, 5) is 0. The summed E-state index contributed by atoms with van der Waals surface area (Å²) in [6, 6.07) is 4.51. The second-order valence-corrected chi connectivity index (χ2v) is 5.35. The van der Waals surface area contributed by atoms with Crippen LogP contribution in [0.2, 0.25) is 0 Å². The van der Waals surface area contributed by atoms with Gasteiger partial charge in [0.05, 0.1) is 13.7 Å². The van der Waals surface area contributed by atoms with E-state index in [2.05, 4.69) is 31.3 Å². The summed E-state index contributed by atoms with van der Waals surface area (Å²) in [5.74, 6) is 1.92. The van der Waals surface area contributed by atoms with Gasteiger partial charge in [0.25, 0.3) is 0 Å². The third-order valence-corrected chi connectivity index (χ3v) is 3.51. The minimum atomic E-state index is 0.259. The zero-order valence-electron chi connectivity index (χ0n) is 12.9. The van der Waals surface area contributed by atoms with Crippen LogP contribution in [0, 0.1) is 0 Å². The van der Waals surface area contributed by atoms with Crippen molar-refractivity contribution in [2.45, 2.75) is 45.9 Å². The molecule has 1 aliphatic heterocycles. The molecule has 1 aromatic rings. The summed E-state index contributed by atoms with van der Waals surface area (Å²) in [5, 5.41) is 3.45. The molecule has 0 radical (unpaired) electrons. The number of nitrogens with one attached hydrogen (secondary N) is 1. The maximum Gasteiger partial charge on any atom is 0.123 e. The molecule has 2 unspecified atom stereocenters. The molecule has 0 amide bonds. The van der Waals surface area contributed by atoms with E-state index in [1.165, 1.54) is 5.56 Å². The van der Waals surface area contributed by atoms with E-state index >= 15 is 0 Å². The summed E-state index contributed by atoms with van der Waals surface area (Å²) >= 11 is 0. The molecule has 4 heteroatoms. The van der Waals surface area contributed by atoms with Crippen molar-refractivity contribution in [1.82, 2.24) is 5.32 Å². The van der Waals surface area contributed by atoms with E-state index in [0.717, 1.165) is 43.2 Å². The molecule has 2 rings (SSSR count). The average molecular weight is 279 g/mol. The van der Waals surface area contributed by atoms with Gasteiger partial charge in [0.15, 0.2) is 0 Å². The first kappa shape index (κ1) is 15.1. The highest BCUT2D eigenvalue weighted by Gasteiger charge is 2.21. The highest BCUT2D eigenvalue weighted by Crippen LogP contribution is 2.34. The second kappa shape index (κ2) is 6.95. The standard InChI is InChI=1S/C16H25NO3/c1-5-19-10-11(2)17-9-14-8-16-13(6-12(3)20-16)7-15(14)18-4/h7-8,11-12,17H,5-6,9-10H2,1-4H3. The van der Waals surface area contributed by atoms with Crippen molar-refractivity contribution in [3.63, 3.8) is 0 Å². The second-order valence-electron chi connectivity index (χ2n) is 5.35. The van der Waals surface area contributed by atoms with E-state index in [9.17, 15) is 0 Å². The Balaban J connectivity index is 2.02. The van der Waals surface area contributed by atoms with Gasteiger partial charge in [-0.15, -0.1) is 0 Å². The van der Waals surface area contributed by atoms with Crippen LogP contribution in [0.1, 0.15) is 31.9 Å². The Morgan fingerprint density at radius 3 is 2.95 bits per heavy atom. The number of hydrogen-bond donors (Lipinski definition) is 1. The Morgan fingerprint density at radius 1 is 1.45 bits per heavy atom. The van der Waals surface area contributed by atoms with Gasteiger partial charge in [-0.3, -0.25) is 0 Å². The lowest BCUT2D eigenvalue weighted by Gasteiger charge is -2.16. The molecule has 0 bridgehead atoms. The van der Waals surface area contributed by atoms with Crippen molar-refractivity contribution in [3.8, 4) is 11.5 Å². The Hall–Kier alpha value is -1.26. The van der Waals surface area contributed by atoms with Gasteiger partial charge < -0.3 is 19.5 Å². The van der Waals surface area contributed by atoms with Crippen LogP contribution in [0.5, 0.6) is 11.5 Å². The van der Waals surface area contributed by atoms with Gasteiger partial charge >= 0.3 is 0 Å².